The Kier molecular flexibility index (Phi) is 4.65. The number of carbonyl (C=O) groups excluding carboxylic acids is 1. The molecule has 0 fully saturated rings. The highest BCUT2D eigenvalue weighted by Crippen LogP contribution is 2.44. The van der Waals surface area contributed by atoms with Crippen molar-refractivity contribution in [3.05, 3.63) is 70.4 Å². The van der Waals surface area contributed by atoms with Crippen molar-refractivity contribution >= 4 is 5.91 Å². The zero-order chi connectivity index (χ0) is 19.8. The Bertz CT molecular complexity index is 1020. The number of aromatic nitrogens is 2. The second-order valence-electron chi connectivity index (χ2n) is 7.19. The van der Waals surface area contributed by atoms with Crippen LogP contribution in [0.15, 0.2) is 42.5 Å². The summed E-state index contributed by atoms with van der Waals surface area (Å²) >= 11 is 0. The van der Waals surface area contributed by atoms with Gasteiger partial charge in [-0.25, -0.2) is 0 Å². The number of aromatic amines is 1. The van der Waals surface area contributed by atoms with Gasteiger partial charge in [0.15, 0.2) is 0 Å². The first-order valence-electron chi connectivity index (χ1n) is 9.26. The fourth-order valence-electron chi connectivity index (χ4n) is 3.76. The fraction of sp³-hybridized carbons (Fsp3) is 0.273. The van der Waals surface area contributed by atoms with Gasteiger partial charge in [0.25, 0.3) is 5.91 Å². The van der Waals surface area contributed by atoms with Gasteiger partial charge in [-0.05, 0) is 37.1 Å². The maximum Gasteiger partial charge on any atom is 0.273 e. The van der Waals surface area contributed by atoms with E-state index in [-0.39, 0.29) is 17.7 Å². The highest BCUT2D eigenvalue weighted by molar-refractivity contribution is 6.00. The molecule has 2 heterocycles. The summed E-state index contributed by atoms with van der Waals surface area (Å²) in [7, 11) is 1.62. The van der Waals surface area contributed by atoms with E-state index in [2.05, 4.69) is 10.2 Å². The molecule has 1 aliphatic heterocycles. The fourth-order valence-corrected chi connectivity index (χ4v) is 3.76. The molecule has 144 valence electrons. The van der Waals surface area contributed by atoms with E-state index < -0.39 is 0 Å². The van der Waals surface area contributed by atoms with E-state index in [0.29, 0.717) is 30.1 Å². The van der Waals surface area contributed by atoms with E-state index in [1.165, 1.54) is 0 Å². The number of aryl methyl sites for hydroxylation is 2. The number of phenols is 1. The van der Waals surface area contributed by atoms with Crippen molar-refractivity contribution in [3.63, 3.8) is 0 Å². The van der Waals surface area contributed by atoms with Crippen LogP contribution in [0, 0.1) is 13.8 Å². The molecule has 0 spiro atoms. The minimum atomic E-state index is -0.285. The number of nitrogens with zero attached hydrogens (tertiary/aromatic N) is 2. The van der Waals surface area contributed by atoms with Crippen LogP contribution in [-0.4, -0.2) is 46.4 Å². The summed E-state index contributed by atoms with van der Waals surface area (Å²) in [6.07, 6.45) is 0. The number of ether oxygens (including phenoxy) is 1. The van der Waals surface area contributed by atoms with Crippen molar-refractivity contribution in [2.45, 2.75) is 19.9 Å². The van der Waals surface area contributed by atoms with Gasteiger partial charge in [-0.15, -0.1) is 0 Å². The highest BCUT2D eigenvalue weighted by Gasteiger charge is 2.42. The molecule has 1 atom stereocenters. The van der Waals surface area contributed by atoms with E-state index in [1.54, 1.807) is 18.1 Å². The number of methoxy groups -OCH3 is 1. The molecule has 0 aliphatic carbocycles. The van der Waals surface area contributed by atoms with Crippen molar-refractivity contribution in [3.8, 4) is 17.0 Å². The number of phenolic OH excluding ortho intramolecular Hbond substituents is 1. The quantitative estimate of drug-likeness (QED) is 0.712. The second-order valence-corrected chi connectivity index (χ2v) is 7.19. The maximum atomic E-state index is 13.1. The van der Waals surface area contributed by atoms with Gasteiger partial charge in [0.2, 0.25) is 0 Å². The Balaban J connectivity index is 1.88. The average molecular weight is 377 g/mol. The lowest BCUT2D eigenvalue weighted by Gasteiger charge is -2.26. The Morgan fingerprint density at radius 1 is 1.14 bits per heavy atom. The van der Waals surface area contributed by atoms with Gasteiger partial charge in [0.1, 0.15) is 17.1 Å². The highest BCUT2D eigenvalue weighted by atomic mass is 16.5. The number of hydrogen-bond donors (Lipinski definition) is 2. The van der Waals surface area contributed by atoms with Crippen LogP contribution in [0.2, 0.25) is 0 Å². The Morgan fingerprint density at radius 2 is 1.86 bits per heavy atom. The lowest BCUT2D eigenvalue weighted by Crippen LogP contribution is -2.32. The third-order valence-electron chi connectivity index (χ3n) is 5.20. The van der Waals surface area contributed by atoms with Gasteiger partial charge in [-0.2, -0.15) is 5.10 Å². The van der Waals surface area contributed by atoms with Crippen LogP contribution in [0.4, 0.5) is 0 Å². The average Bonchev–Trinajstić information content (AvgIpc) is 3.20. The molecule has 0 saturated heterocycles. The van der Waals surface area contributed by atoms with Crippen molar-refractivity contribution in [2.24, 2.45) is 0 Å². The summed E-state index contributed by atoms with van der Waals surface area (Å²) < 4.78 is 5.22. The van der Waals surface area contributed by atoms with Gasteiger partial charge in [0.05, 0.1) is 12.6 Å². The first-order valence-corrected chi connectivity index (χ1v) is 9.26. The van der Waals surface area contributed by atoms with Crippen LogP contribution in [-0.2, 0) is 4.74 Å². The normalized spacial score (nSPS) is 15.9. The third kappa shape index (κ3) is 2.96. The first kappa shape index (κ1) is 18.3. The van der Waals surface area contributed by atoms with E-state index in [4.69, 9.17) is 4.74 Å². The molecule has 2 N–H and O–H groups in total. The molecule has 2 aromatic carbocycles. The van der Waals surface area contributed by atoms with Crippen LogP contribution in [0.1, 0.15) is 38.8 Å². The summed E-state index contributed by atoms with van der Waals surface area (Å²) in [5.41, 5.74) is 5.60. The number of hydrogen-bond acceptors (Lipinski definition) is 4. The molecule has 28 heavy (non-hydrogen) atoms. The SMILES string of the molecule is COCCN1C(=O)c2[nH]nc(-c3ccc(C)cc3O)c2[C@H]1c1ccc(C)cc1. The smallest absolute Gasteiger partial charge is 0.273 e. The van der Waals surface area contributed by atoms with Gasteiger partial charge < -0.3 is 14.7 Å². The number of benzene rings is 2. The molecule has 3 aromatic rings. The van der Waals surface area contributed by atoms with Crippen molar-refractivity contribution < 1.29 is 14.6 Å². The van der Waals surface area contributed by atoms with Crippen molar-refractivity contribution in [2.75, 3.05) is 20.3 Å². The molecular formula is C22H23N3O3. The number of rotatable bonds is 5. The first-order chi connectivity index (χ1) is 13.5. The number of nitrogens with one attached hydrogen (secondary N) is 1. The zero-order valence-electron chi connectivity index (χ0n) is 16.2. The monoisotopic (exact) mass is 377 g/mol. The maximum absolute atomic E-state index is 13.1. The van der Waals surface area contributed by atoms with Gasteiger partial charge in [0, 0.05) is 24.8 Å². The molecule has 0 radical (unpaired) electrons. The number of carbonyl (C=O) groups is 1. The predicted octanol–water partition coefficient (Wildman–Crippen LogP) is 3.59. The molecule has 1 aromatic heterocycles. The molecule has 1 aliphatic rings. The third-order valence-corrected chi connectivity index (χ3v) is 5.20. The molecule has 6 heteroatoms. The van der Waals surface area contributed by atoms with Gasteiger partial charge >= 0.3 is 0 Å². The van der Waals surface area contributed by atoms with E-state index in [0.717, 1.165) is 22.3 Å². The minimum absolute atomic E-state index is 0.108. The van der Waals surface area contributed by atoms with Crippen LogP contribution >= 0.6 is 0 Å². The molecule has 0 saturated carbocycles. The topological polar surface area (TPSA) is 78.5 Å². The standard InChI is InChI=1S/C22H23N3O3/c1-13-4-7-15(8-5-13)21-18-19(16-9-6-14(2)12-17(16)26)23-24-20(18)22(27)25(21)10-11-28-3/h4-9,12,21,26H,10-11H2,1-3H3,(H,23,24)/t21-/m1/s1. The second kappa shape index (κ2) is 7.13. The number of fused-ring (bicyclic) bond motifs is 1. The summed E-state index contributed by atoms with van der Waals surface area (Å²) in [6.45, 7) is 4.86. The number of aromatic hydroxyl groups is 1. The zero-order valence-corrected chi connectivity index (χ0v) is 16.2. The lowest BCUT2D eigenvalue weighted by atomic mass is 9.95. The van der Waals surface area contributed by atoms with Gasteiger partial charge in [-0.3, -0.25) is 9.89 Å². The van der Waals surface area contributed by atoms with Crippen LogP contribution in [0.25, 0.3) is 11.3 Å². The Morgan fingerprint density at radius 3 is 2.54 bits per heavy atom. The minimum Gasteiger partial charge on any atom is -0.507 e. The lowest BCUT2D eigenvalue weighted by molar-refractivity contribution is 0.0677. The number of H-pyrrole nitrogens is 1. The Labute approximate surface area is 163 Å². The summed E-state index contributed by atoms with van der Waals surface area (Å²) in [5.74, 6) is 0.0442. The van der Waals surface area contributed by atoms with Crippen LogP contribution in [0.3, 0.4) is 0 Å². The van der Waals surface area contributed by atoms with Crippen LogP contribution < -0.4 is 0 Å². The largest absolute Gasteiger partial charge is 0.507 e. The summed E-state index contributed by atoms with van der Waals surface area (Å²) in [6, 6.07) is 13.3. The van der Waals surface area contributed by atoms with Crippen molar-refractivity contribution in [1.82, 2.24) is 15.1 Å². The van der Waals surface area contributed by atoms with E-state index >= 15 is 0 Å². The van der Waals surface area contributed by atoms with Gasteiger partial charge in [-0.1, -0.05) is 35.9 Å². The summed E-state index contributed by atoms with van der Waals surface area (Å²) in [4.78, 5) is 14.9. The van der Waals surface area contributed by atoms with E-state index in [9.17, 15) is 9.90 Å². The molecule has 1 amide bonds. The molecular weight excluding hydrogens is 354 g/mol. The molecule has 4 rings (SSSR count). The molecule has 0 bridgehead atoms. The molecule has 6 nitrogen and oxygen atoms in total. The predicted molar refractivity (Wildman–Crippen MR) is 106 cm³/mol. The van der Waals surface area contributed by atoms with Crippen molar-refractivity contribution in [1.29, 1.82) is 0 Å². The van der Waals surface area contributed by atoms with Crippen LogP contribution in [0.5, 0.6) is 5.75 Å². The molecule has 0 unspecified atom stereocenters. The van der Waals surface area contributed by atoms with E-state index in [1.807, 2.05) is 50.2 Å². The summed E-state index contributed by atoms with van der Waals surface area (Å²) in [5, 5.41) is 17.8. The number of amides is 1. The Hall–Kier alpha value is -3.12.